The van der Waals surface area contributed by atoms with Crippen LogP contribution < -0.4 is 22.1 Å². The minimum Gasteiger partial charge on any atom is -0.446 e. The lowest BCUT2D eigenvalue weighted by atomic mass is 9.86. The Morgan fingerprint density at radius 1 is 1.07 bits per heavy atom. The van der Waals surface area contributed by atoms with Crippen molar-refractivity contribution in [2.45, 2.75) is 57.5 Å². The Hall–Kier alpha value is -4.22. The first-order valence-electron chi connectivity index (χ1n) is 13.3. The second-order valence-electron chi connectivity index (χ2n) is 10.9. The second-order valence-corrected chi connectivity index (χ2v) is 10.9. The van der Waals surface area contributed by atoms with Gasteiger partial charge in [0.15, 0.2) is 5.69 Å². The molecule has 0 saturated heterocycles. The number of oxazole rings is 1. The zero-order valence-electron chi connectivity index (χ0n) is 23.2. The molecular formula is C30H34F2N6O3. The van der Waals surface area contributed by atoms with E-state index < -0.39 is 35.5 Å². The Labute approximate surface area is 236 Å². The molecule has 2 amide bonds. The zero-order valence-corrected chi connectivity index (χ0v) is 23.2. The van der Waals surface area contributed by atoms with Gasteiger partial charge in [-0.1, -0.05) is 39.0 Å². The molecule has 0 spiro atoms. The van der Waals surface area contributed by atoms with E-state index in [0.29, 0.717) is 5.69 Å². The van der Waals surface area contributed by atoms with E-state index in [0.717, 1.165) is 28.6 Å². The molecule has 0 aliphatic carbocycles. The Kier molecular flexibility index (Phi) is 9.09. The standard InChI is InChI=1S/C30H34F2N6O3/c1-30(2,3)19-7-4-18-12-21(15-35-25(18)13-19)36-28(40)26-16-41-29(38-26)24(37-27(39)23(34)10-11-33)9-6-17-5-8-20(31)14-22(17)32/h4-5,7-8,12-16,23-24H,6,9-11,33-34H2,1-3H3,(H,36,40)(H,37,39)/t23-,24-/m1/s1. The number of amides is 2. The highest BCUT2D eigenvalue weighted by atomic mass is 19.1. The molecule has 2 aromatic heterocycles. The molecule has 2 atom stereocenters. The fourth-order valence-corrected chi connectivity index (χ4v) is 4.27. The van der Waals surface area contributed by atoms with Crippen LogP contribution in [0.15, 0.2) is 59.3 Å². The Balaban J connectivity index is 1.50. The van der Waals surface area contributed by atoms with Crippen molar-refractivity contribution in [1.82, 2.24) is 15.3 Å². The number of pyridine rings is 1. The van der Waals surface area contributed by atoms with Crippen molar-refractivity contribution >= 4 is 28.4 Å². The molecule has 0 fully saturated rings. The first-order valence-corrected chi connectivity index (χ1v) is 13.3. The molecule has 2 aromatic carbocycles. The van der Waals surface area contributed by atoms with Crippen LogP contribution in [0.1, 0.15) is 67.2 Å². The molecule has 11 heteroatoms. The maximum Gasteiger partial charge on any atom is 0.277 e. The van der Waals surface area contributed by atoms with Crippen LogP contribution in [0.3, 0.4) is 0 Å². The van der Waals surface area contributed by atoms with Gasteiger partial charge in [0, 0.05) is 11.5 Å². The first kappa shape index (κ1) is 29.8. The third-order valence-corrected chi connectivity index (χ3v) is 6.71. The van der Waals surface area contributed by atoms with E-state index in [1.807, 2.05) is 24.3 Å². The molecule has 0 aliphatic heterocycles. The van der Waals surface area contributed by atoms with Crippen molar-refractivity contribution in [3.63, 3.8) is 0 Å². The summed E-state index contributed by atoms with van der Waals surface area (Å²) in [6.45, 7) is 6.59. The minimum absolute atomic E-state index is 0.0204. The minimum atomic E-state index is -0.873. The summed E-state index contributed by atoms with van der Waals surface area (Å²) >= 11 is 0. The van der Waals surface area contributed by atoms with Gasteiger partial charge in [0.1, 0.15) is 23.9 Å². The molecule has 0 bridgehead atoms. The quantitative estimate of drug-likeness (QED) is 0.221. The number of nitrogens with zero attached hydrogens (tertiary/aromatic N) is 2. The van der Waals surface area contributed by atoms with Crippen molar-refractivity contribution in [2.75, 3.05) is 11.9 Å². The highest BCUT2D eigenvalue weighted by molar-refractivity contribution is 6.03. The van der Waals surface area contributed by atoms with E-state index in [1.165, 1.54) is 12.3 Å². The Morgan fingerprint density at radius 3 is 2.56 bits per heavy atom. The molecule has 41 heavy (non-hydrogen) atoms. The number of carbonyl (C=O) groups is 2. The van der Waals surface area contributed by atoms with Gasteiger partial charge < -0.3 is 26.5 Å². The third-order valence-electron chi connectivity index (χ3n) is 6.71. The lowest BCUT2D eigenvalue weighted by Gasteiger charge is -2.19. The largest absolute Gasteiger partial charge is 0.446 e. The van der Waals surface area contributed by atoms with Gasteiger partial charge in [-0.3, -0.25) is 14.6 Å². The number of hydrogen-bond acceptors (Lipinski definition) is 7. The molecule has 4 rings (SSSR count). The number of benzene rings is 2. The fourth-order valence-electron chi connectivity index (χ4n) is 4.27. The molecule has 6 N–H and O–H groups in total. The van der Waals surface area contributed by atoms with Crippen molar-refractivity contribution < 1.29 is 22.8 Å². The fraction of sp³-hybridized carbons (Fsp3) is 0.333. The summed E-state index contributed by atoms with van der Waals surface area (Å²) in [5, 5.41) is 6.37. The summed E-state index contributed by atoms with van der Waals surface area (Å²) in [7, 11) is 0. The van der Waals surface area contributed by atoms with Crippen LogP contribution in [0.4, 0.5) is 14.5 Å². The highest BCUT2D eigenvalue weighted by Crippen LogP contribution is 2.27. The van der Waals surface area contributed by atoms with Crippen LogP contribution in [-0.4, -0.2) is 34.4 Å². The third kappa shape index (κ3) is 7.50. The number of nitrogens with one attached hydrogen (secondary N) is 2. The molecule has 9 nitrogen and oxygen atoms in total. The molecule has 0 aliphatic rings. The molecule has 0 saturated carbocycles. The van der Waals surface area contributed by atoms with E-state index in [-0.39, 0.29) is 48.4 Å². The second kappa shape index (κ2) is 12.5. The number of hydrogen-bond donors (Lipinski definition) is 4. The van der Waals surface area contributed by atoms with E-state index >= 15 is 0 Å². The van der Waals surface area contributed by atoms with Gasteiger partial charge in [0.05, 0.1) is 23.4 Å². The van der Waals surface area contributed by atoms with Gasteiger partial charge in [-0.15, -0.1) is 0 Å². The molecule has 2 heterocycles. The topological polar surface area (TPSA) is 149 Å². The monoisotopic (exact) mass is 564 g/mol. The Morgan fingerprint density at radius 2 is 1.85 bits per heavy atom. The van der Waals surface area contributed by atoms with Crippen molar-refractivity contribution in [2.24, 2.45) is 11.5 Å². The number of nitrogens with two attached hydrogens (primary N) is 2. The summed E-state index contributed by atoms with van der Waals surface area (Å²) < 4.78 is 33.1. The van der Waals surface area contributed by atoms with E-state index in [9.17, 15) is 18.4 Å². The molecule has 0 radical (unpaired) electrons. The number of aryl methyl sites for hydroxylation is 1. The number of fused-ring (bicyclic) bond motifs is 1. The van der Waals surface area contributed by atoms with Crippen LogP contribution in [0.25, 0.3) is 10.9 Å². The summed E-state index contributed by atoms with van der Waals surface area (Å²) in [6, 6.07) is 9.40. The molecule has 4 aromatic rings. The van der Waals surface area contributed by atoms with Gasteiger partial charge in [-0.2, -0.15) is 0 Å². The molecule has 0 unspecified atom stereocenters. The average molecular weight is 565 g/mol. The van der Waals surface area contributed by atoms with Gasteiger partial charge >= 0.3 is 0 Å². The maximum atomic E-state index is 14.2. The van der Waals surface area contributed by atoms with E-state index in [2.05, 4.69) is 41.4 Å². The normalized spacial score (nSPS) is 13.1. The number of aromatic nitrogens is 2. The van der Waals surface area contributed by atoms with Gasteiger partial charge in [-0.05, 0) is 60.5 Å². The lowest BCUT2D eigenvalue weighted by Crippen LogP contribution is -2.43. The SMILES string of the molecule is CC(C)(C)c1ccc2cc(NC(=O)c3coc([C@@H](CCc4ccc(F)cc4F)NC(=O)[C@H](N)CCN)n3)cnc2c1. The summed E-state index contributed by atoms with van der Waals surface area (Å²) in [4.78, 5) is 34.4. The lowest BCUT2D eigenvalue weighted by molar-refractivity contribution is -0.123. The number of anilines is 1. The number of halogens is 2. The van der Waals surface area contributed by atoms with Gasteiger partial charge in [0.2, 0.25) is 11.8 Å². The highest BCUT2D eigenvalue weighted by Gasteiger charge is 2.25. The molecule has 216 valence electrons. The van der Waals surface area contributed by atoms with Crippen molar-refractivity contribution in [1.29, 1.82) is 0 Å². The van der Waals surface area contributed by atoms with E-state index in [1.54, 1.807) is 6.20 Å². The van der Waals surface area contributed by atoms with Crippen LogP contribution in [0.5, 0.6) is 0 Å². The summed E-state index contributed by atoms with van der Waals surface area (Å²) in [5.74, 6) is -2.40. The predicted octanol–water partition coefficient (Wildman–Crippen LogP) is 4.52. The van der Waals surface area contributed by atoms with Crippen LogP contribution >= 0.6 is 0 Å². The van der Waals surface area contributed by atoms with Crippen LogP contribution in [-0.2, 0) is 16.6 Å². The van der Waals surface area contributed by atoms with Crippen molar-refractivity contribution in [3.05, 3.63) is 89.3 Å². The number of rotatable bonds is 10. The summed E-state index contributed by atoms with van der Waals surface area (Å²) in [5.41, 5.74) is 14.0. The van der Waals surface area contributed by atoms with Crippen molar-refractivity contribution in [3.8, 4) is 0 Å². The number of carbonyl (C=O) groups excluding carboxylic acids is 2. The molecular weight excluding hydrogens is 530 g/mol. The average Bonchev–Trinajstić information content (AvgIpc) is 3.41. The predicted molar refractivity (Wildman–Crippen MR) is 152 cm³/mol. The van der Waals surface area contributed by atoms with Crippen LogP contribution in [0.2, 0.25) is 0 Å². The Bertz CT molecular complexity index is 1550. The van der Waals surface area contributed by atoms with Gasteiger partial charge in [-0.25, -0.2) is 13.8 Å². The van der Waals surface area contributed by atoms with Crippen LogP contribution in [0, 0.1) is 11.6 Å². The first-order chi connectivity index (χ1) is 19.4. The zero-order chi connectivity index (χ0) is 29.7. The summed E-state index contributed by atoms with van der Waals surface area (Å²) in [6.07, 6.45) is 3.27. The smallest absolute Gasteiger partial charge is 0.277 e. The maximum absolute atomic E-state index is 14.2. The van der Waals surface area contributed by atoms with E-state index in [4.69, 9.17) is 15.9 Å². The van der Waals surface area contributed by atoms with Gasteiger partial charge in [0.25, 0.3) is 5.91 Å².